The Kier molecular flexibility index (Phi) is 6.77. The SMILES string of the molecule is O=C(c1ccco1)N1CCN(CCCC(c2ccc(F)cc2)c2ccc(F)cc2)CC1. The number of carbonyl (C=O) groups is 1. The average molecular weight is 424 g/mol. The van der Waals surface area contributed by atoms with Crippen LogP contribution in [-0.4, -0.2) is 48.4 Å². The third-order valence-corrected chi connectivity index (χ3v) is 5.90. The highest BCUT2D eigenvalue weighted by Gasteiger charge is 2.24. The van der Waals surface area contributed by atoms with E-state index in [1.807, 2.05) is 29.2 Å². The Morgan fingerprint density at radius 3 is 1.97 bits per heavy atom. The number of hydrogen-bond acceptors (Lipinski definition) is 3. The molecule has 1 amide bonds. The molecule has 3 aromatic rings. The number of hydrogen-bond donors (Lipinski definition) is 0. The van der Waals surface area contributed by atoms with E-state index in [9.17, 15) is 13.6 Å². The van der Waals surface area contributed by atoms with Gasteiger partial charge < -0.3 is 9.32 Å². The van der Waals surface area contributed by atoms with Crippen LogP contribution < -0.4 is 0 Å². The van der Waals surface area contributed by atoms with Gasteiger partial charge in [-0.2, -0.15) is 0 Å². The first kappa shape index (κ1) is 21.2. The number of halogens is 2. The molecule has 0 unspecified atom stereocenters. The number of nitrogens with zero attached hydrogens (tertiary/aromatic N) is 2. The van der Waals surface area contributed by atoms with E-state index < -0.39 is 0 Å². The largest absolute Gasteiger partial charge is 0.459 e. The lowest BCUT2D eigenvalue weighted by Gasteiger charge is -2.34. The first-order valence-corrected chi connectivity index (χ1v) is 10.7. The molecule has 6 heteroatoms. The van der Waals surface area contributed by atoms with Crippen molar-refractivity contribution in [2.45, 2.75) is 18.8 Å². The van der Waals surface area contributed by atoms with Crippen molar-refractivity contribution in [3.8, 4) is 0 Å². The molecule has 162 valence electrons. The third kappa shape index (κ3) is 5.39. The van der Waals surface area contributed by atoms with Gasteiger partial charge in [-0.05, 0) is 66.9 Å². The lowest BCUT2D eigenvalue weighted by atomic mass is 9.87. The molecule has 4 rings (SSSR count). The second-order valence-electron chi connectivity index (χ2n) is 7.91. The Morgan fingerprint density at radius 1 is 0.871 bits per heavy atom. The van der Waals surface area contributed by atoms with Crippen LogP contribution in [-0.2, 0) is 0 Å². The number of rotatable bonds is 7. The molecule has 0 N–H and O–H groups in total. The van der Waals surface area contributed by atoms with Gasteiger partial charge in [-0.1, -0.05) is 24.3 Å². The smallest absolute Gasteiger partial charge is 0.289 e. The first-order valence-electron chi connectivity index (χ1n) is 10.7. The molecule has 1 aliphatic heterocycles. The van der Waals surface area contributed by atoms with Gasteiger partial charge in [0, 0.05) is 32.1 Å². The minimum atomic E-state index is -0.261. The Morgan fingerprint density at radius 2 is 1.45 bits per heavy atom. The van der Waals surface area contributed by atoms with Crippen molar-refractivity contribution in [1.82, 2.24) is 9.80 Å². The standard InChI is InChI=1S/C25H26F2N2O2/c26-21-9-5-19(6-10-21)23(20-7-11-22(27)12-8-20)3-1-13-28-14-16-29(17-15-28)25(30)24-4-2-18-31-24/h2,4-12,18,23H,1,3,13-17H2. The van der Waals surface area contributed by atoms with Crippen LogP contribution in [0.3, 0.4) is 0 Å². The molecule has 0 aliphatic carbocycles. The second-order valence-corrected chi connectivity index (χ2v) is 7.91. The highest BCUT2D eigenvalue weighted by Crippen LogP contribution is 2.30. The summed E-state index contributed by atoms with van der Waals surface area (Å²) in [4.78, 5) is 16.6. The number of amides is 1. The minimum Gasteiger partial charge on any atom is -0.459 e. The van der Waals surface area contributed by atoms with Crippen LogP contribution in [0.2, 0.25) is 0 Å². The van der Waals surface area contributed by atoms with E-state index in [4.69, 9.17) is 4.42 Å². The molecule has 2 aromatic carbocycles. The summed E-state index contributed by atoms with van der Waals surface area (Å²) >= 11 is 0. The van der Waals surface area contributed by atoms with Crippen molar-refractivity contribution in [3.63, 3.8) is 0 Å². The van der Waals surface area contributed by atoms with Crippen LogP contribution in [0.4, 0.5) is 8.78 Å². The topological polar surface area (TPSA) is 36.7 Å². The lowest BCUT2D eigenvalue weighted by molar-refractivity contribution is 0.0604. The molecule has 1 saturated heterocycles. The average Bonchev–Trinajstić information content (AvgIpc) is 3.33. The molecule has 1 fully saturated rings. The summed E-state index contributed by atoms with van der Waals surface area (Å²) in [5.74, 6) is -0.109. The second kappa shape index (κ2) is 9.88. The van der Waals surface area contributed by atoms with Gasteiger partial charge in [-0.15, -0.1) is 0 Å². The molecule has 1 aliphatic rings. The van der Waals surface area contributed by atoms with Crippen molar-refractivity contribution in [2.75, 3.05) is 32.7 Å². The number of piperazine rings is 1. The maximum atomic E-state index is 13.4. The zero-order valence-electron chi connectivity index (χ0n) is 17.3. The molecular formula is C25H26F2N2O2. The molecule has 0 radical (unpaired) electrons. The minimum absolute atomic E-state index is 0.0580. The molecule has 2 heterocycles. The van der Waals surface area contributed by atoms with E-state index in [0.29, 0.717) is 18.8 Å². The van der Waals surface area contributed by atoms with Gasteiger partial charge in [0.2, 0.25) is 0 Å². The molecule has 0 spiro atoms. The molecular weight excluding hydrogens is 398 g/mol. The molecule has 0 saturated carbocycles. The highest BCUT2D eigenvalue weighted by molar-refractivity contribution is 5.91. The third-order valence-electron chi connectivity index (χ3n) is 5.90. The number of carbonyl (C=O) groups excluding carboxylic acids is 1. The summed E-state index contributed by atoms with van der Waals surface area (Å²) in [5.41, 5.74) is 2.06. The highest BCUT2D eigenvalue weighted by atomic mass is 19.1. The van der Waals surface area contributed by atoms with Crippen molar-refractivity contribution < 1.29 is 18.0 Å². The molecule has 4 nitrogen and oxygen atoms in total. The predicted molar refractivity (Wildman–Crippen MR) is 115 cm³/mol. The van der Waals surface area contributed by atoms with Crippen LogP contribution in [0.15, 0.2) is 71.3 Å². The van der Waals surface area contributed by atoms with E-state index in [0.717, 1.165) is 43.6 Å². The number of furan rings is 1. The van der Waals surface area contributed by atoms with E-state index in [-0.39, 0.29) is 23.5 Å². The van der Waals surface area contributed by atoms with E-state index >= 15 is 0 Å². The van der Waals surface area contributed by atoms with E-state index in [1.165, 1.54) is 30.5 Å². The Labute approximate surface area is 181 Å². The Balaban J connectivity index is 1.32. The van der Waals surface area contributed by atoms with Gasteiger partial charge in [0.1, 0.15) is 11.6 Å². The van der Waals surface area contributed by atoms with Gasteiger partial charge >= 0.3 is 0 Å². The number of benzene rings is 2. The molecule has 0 atom stereocenters. The fourth-order valence-electron chi connectivity index (χ4n) is 4.17. The first-order chi connectivity index (χ1) is 15.1. The zero-order valence-corrected chi connectivity index (χ0v) is 17.3. The maximum Gasteiger partial charge on any atom is 0.289 e. The van der Waals surface area contributed by atoms with E-state index in [2.05, 4.69) is 4.90 Å². The fourth-order valence-corrected chi connectivity index (χ4v) is 4.17. The van der Waals surface area contributed by atoms with Crippen LogP contribution in [0.5, 0.6) is 0 Å². The monoisotopic (exact) mass is 424 g/mol. The summed E-state index contributed by atoms with van der Waals surface area (Å²) in [6, 6.07) is 16.5. The van der Waals surface area contributed by atoms with Crippen LogP contribution in [0.1, 0.15) is 40.4 Å². The quantitative estimate of drug-likeness (QED) is 0.540. The van der Waals surface area contributed by atoms with Crippen LogP contribution in [0.25, 0.3) is 0 Å². The van der Waals surface area contributed by atoms with Crippen LogP contribution in [0, 0.1) is 11.6 Å². The van der Waals surface area contributed by atoms with Gasteiger partial charge in [-0.25, -0.2) is 8.78 Å². The Bertz CT molecular complexity index is 918. The molecule has 31 heavy (non-hydrogen) atoms. The zero-order chi connectivity index (χ0) is 21.6. The normalized spacial score (nSPS) is 14.9. The summed E-state index contributed by atoms with van der Waals surface area (Å²) in [7, 11) is 0. The summed E-state index contributed by atoms with van der Waals surface area (Å²) in [6.07, 6.45) is 3.34. The molecule has 1 aromatic heterocycles. The van der Waals surface area contributed by atoms with Crippen molar-refractivity contribution in [2.24, 2.45) is 0 Å². The summed E-state index contributed by atoms with van der Waals surface area (Å²) < 4.78 is 32.0. The lowest BCUT2D eigenvalue weighted by Crippen LogP contribution is -2.48. The summed E-state index contributed by atoms with van der Waals surface area (Å²) in [5, 5.41) is 0. The maximum absolute atomic E-state index is 13.4. The van der Waals surface area contributed by atoms with Crippen molar-refractivity contribution in [3.05, 3.63) is 95.4 Å². The van der Waals surface area contributed by atoms with Crippen LogP contribution >= 0.6 is 0 Å². The van der Waals surface area contributed by atoms with Gasteiger partial charge in [0.05, 0.1) is 6.26 Å². The summed E-state index contributed by atoms with van der Waals surface area (Å²) in [6.45, 7) is 3.92. The fraction of sp³-hybridized carbons (Fsp3) is 0.320. The van der Waals surface area contributed by atoms with E-state index in [1.54, 1.807) is 12.1 Å². The van der Waals surface area contributed by atoms with Crippen molar-refractivity contribution in [1.29, 1.82) is 0 Å². The molecule has 0 bridgehead atoms. The Hall–Kier alpha value is -2.99. The predicted octanol–water partition coefficient (Wildman–Crippen LogP) is 4.93. The van der Waals surface area contributed by atoms with Gasteiger partial charge in [0.25, 0.3) is 5.91 Å². The van der Waals surface area contributed by atoms with Gasteiger partial charge in [0.15, 0.2) is 5.76 Å². The van der Waals surface area contributed by atoms with Gasteiger partial charge in [-0.3, -0.25) is 9.69 Å². The van der Waals surface area contributed by atoms with Crippen molar-refractivity contribution >= 4 is 5.91 Å².